The molecule has 0 fully saturated rings. The van der Waals surface area contributed by atoms with Gasteiger partial charge in [0.2, 0.25) is 5.95 Å². The molecule has 2 heterocycles. The Kier molecular flexibility index (Phi) is 6.27. The summed E-state index contributed by atoms with van der Waals surface area (Å²) < 4.78 is 1.82. The Hall–Kier alpha value is -3.98. The molecule has 0 saturated carbocycles. The lowest BCUT2D eigenvalue weighted by atomic mass is 10.1. The molecule has 0 radical (unpaired) electrons. The van der Waals surface area contributed by atoms with E-state index in [1.807, 2.05) is 59.2 Å². The summed E-state index contributed by atoms with van der Waals surface area (Å²) in [4.78, 5) is 11.1. The number of nitrogens with two attached hydrogens (primary N) is 1. The van der Waals surface area contributed by atoms with Crippen LogP contribution < -0.4 is 16.0 Å². The molecule has 2 aromatic heterocycles. The Morgan fingerprint density at radius 2 is 2.09 bits per heavy atom. The molecular weight excluding hydrogens is 404 g/mol. The zero-order valence-electron chi connectivity index (χ0n) is 17.9. The highest BCUT2D eigenvalue weighted by Gasteiger charge is 2.16. The van der Waals surface area contributed by atoms with Crippen LogP contribution in [0.3, 0.4) is 0 Å². The molecule has 0 amide bonds. The van der Waals surface area contributed by atoms with Crippen molar-refractivity contribution in [1.29, 1.82) is 5.41 Å². The van der Waals surface area contributed by atoms with Gasteiger partial charge >= 0.3 is 0 Å². The summed E-state index contributed by atoms with van der Waals surface area (Å²) in [5.74, 6) is 1.13. The third-order valence-electron chi connectivity index (χ3n) is 5.26. The molecule has 9 nitrogen and oxygen atoms in total. The minimum absolute atomic E-state index is 0.120. The Labute approximate surface area is 186 Å². The van der Waals surface area contributed by atoms with Crippen molar-refractivity contribution >= 4 is 45.9 Å². The van der Waals surface area contributed by atoms with Crippen LogP contribution in [0.4, 0.5) is 28.8 Å². The fourth-order valence-electron chi connectivity index (χ4n) is 3.61. The normalized spacial score (nSPS) is 10.9. The van der Waals surface area contributed by atoms with Crippen molar-refractivity contribution in [2.24, 2.45) is 7.05 Å². The van der Waals surface area contributed by atoms with E-state index in [9.17, 15) is 5.11 Å². The first-order chi connectivity index (χ1) is 15.6. The summed E-state index contributed by atoms with van der Waals surface area (Å²) in [6.45, 7) is 0.734. The van der Waals surface area contributed by atoms with Gasteiger partial charge < -0.3 is 26.5 Å². The van der Waals surface area contributed by atoms with Crippen molar-refractivity contribution in [2.45, 2.75) is 12.8 Å². The molecule has 0 aliphatic carbocycles. The first kappa shape index (κ1) is 21.3. The minimum atomic E-state index is 0.120. The van der Waals surface area contributed by atoms with Crippen LogP contribution >= 0.6 is 0 Å². The number of hydrogen-bond donors (Lipinski definition) is 4. The number of nitrogens with one attached hydrogen (secondary N) is 2. The van der Waals surface area contributed by atoms with Crippen molar-refractivity contribution < 1.29 is 5.11 Å². The van der Waals surface area contributed by atoms with Crippen LogP contribution in [-0.4, -0.2) is 44.2 Å². The number of anilines is 5. The molecular formula is C23H26N8O. The second-order valence-corrected chi connectivity index (χ2v) is 7.41. The van der Waals surface area contributed by atoms with Crippen molar-refractivity contribution in [2.75, 3.05) is 29.1 Å². The van der Waals surface area contributed by atoms with E-state index in [0.717, 1.165) is 28.7 Å². The summed E-state index contributed by atoms with van der Waals surface area (Å²) in [7, 11) is 1.90. The Morgan fingerprint density at radius 1 is 1.22 bits per heavy atom. The highest BCUT2D eigenvalue weighted by atomic mass is 16.2. The van der Waals surface area contributed by atoms with Crippen LogP contribution in [0.1, 0.15) is 18.4 Å². The van der Waals surface area contributed by atoms with Gasteiger partial charge in [0.05, 0.1) is 17.4 Å². The molecule has 2 aromatic carbocycles. The maximum absolute atomic E-state index is 9.24. The molecule has 4 aromatic rings. The van der Waals surface area contributed by atoms with Gasteiger partial charge in [0.1, 0.15) is 5.82 Å². The van der Waals surface area contributed by atoms with Crippen LogP contribution in [0.5, 0.6) is 0 Å². The lowest BCUT2D eigenvalue weighted by Crippen LogP contribution is -2.22. The van der Waals surface area contributed by atoms with Crippen LogP contribution in [0, 0.1) is 5.41 Å². The molecule has 0 bridgehead atoms. The first-order valence-electron chi connectivity index (χ1n) is 10.4. The smallest absolute Gasteiger partial charge is 0.229 e. The van der Waals surface area contributed by atoms with E-state index in [1.165, 1.54) is 6.21 Å². The van der Waals surface area contributed by atoms with Crippen LogP contribution in [0.15, 0.2) is 54.9 Å². The highest BCUT2D eigenvalue weighted by molar-refractivity contribution is 5.94. The third-order valence-corrected chi connectivity index (χ3v) is 5.26. The molecule has 0 atom stereocenters. The second kappa shape index (κ2) is 9.44. The van der Waals surface area contributed by atoms with Gasteiger partial charge in [-0.25, -0.2) is 4.98 Å². The number of nitrogens with zero attached hydrogens (tertiary/aromatic N) is 5. The molecule has 0 aliphatic rings. The van der Waals surface area contributed by atoms with Gasteiger partial charge in [0.25, 0.3) is 0 Å². The van der Waals surface area contributed by atoms with Crippen molar-refractivity contribution in [1.82, 2.24) is 19.7 Å². The number of aromatic nitrogens is 4. The Bertz CT molecular complexity index is 1240. The predicted molar refractivity (Wildman–Crippen MR) is 128 cm³/mol. The first-order valence-corrected chi connectivity index (χ1v) is 10.4. The molecule has 4 rings (SSSR count). The van der Waals surface area contributed by atoms with Crippen LogP contribution in [-0.2, 0) is 7.05 Å². The quantitative estimate of drug-likeness (QED) is 0.181. The van der Waals surface area contributed by atoms with E-state index in [0.29, 0.717) is 36.0 Å². The number of aryl methyl sites for hydroxylation is 1. The summed E-state index contributed by atoms with van der Waals surface area (Å²) in [6.07, 6.45) is 6.20. The number of aliphatic hydroxyl groups is 1. The number of aliphatic hydroxyl groups excluding tert-OH is 1. The van der Waals surface area contributed by atoms with E-state index >= 15 is 0 Å². The number of unbranched alkanes of at least 4 members (excludes halogenated alkanes) is 1. The summed E-state index contributed by atoms with van der Waals surface area (Å²) in [6, 6.07) is 13.3. The number of rotatable bonds is 9. The lowest BCUT2D eigenvalue weighted by molar-refractivity contribution is 0.285. The molecule has 0 spiro atoms. The van der Waals surface area contributed by atoms with Gasteiger partial charge in [-0.05, 0) is 49.2 Å². The molecule has 0 saturated heterocycles. The van der Waals surface area contributed by atoms with Crippen molar-refractivity contribution in [3.05, 3.63) is 60.4 Å². The maximum Gasteiger partial charge on any atom is 0.229 e. The van der Waals surface area contributed by atoms with Gasteiger partial charge in [-0.15, -0.1) is 0 Å². The van der Waals surface area contributed by atoms with Gasteiger partial charge in [-0.3, -0.25) is 4.68 Å². The highest BCUT2D eigenvalue weighted by Crippen LogP contribution is 2.31. The van der Waals surface area contributed by atoms with E-state index in [2.05, 4.69) is 15.4 Å². The fourth-order valence-corrected chi connectivity index (χ4v) is 3.61. The van der Waals surface area contributed by atoms with Gasteiger partial charge in [-0.1, -0.05) is 6.07 Å². The Morgan fingerprint density at radius 3 is 2.91 bits per heavy atom. The fraction of sp³-hybridized carbons (Fsp3) is 0.217. The topological polar surface area (TPSA) is 129 Å². The molecule has 5 N–H and O–H groups in total. The molecule has 9 heteroatoms. The lowest BCUT2D eigenvalue weighted by Gasteiger charge is -2.26. The molecule has 0 aliphatic heterocycles. The van der Waals surface area contributed by atoms with Gasteiger partial charge in [0, 0.05) is 54.9 Å². The maximum atomic E-state index is 9.24. The largest absolute Gasteiger partial charge is 0.398 e. The Balaban J connectivity index is 1.67. The van der Waals surface area contributed by atoms with E-state index in [1.54, 1.807) is 12.3 Å². The van der Waals surface area contributed by atoms with E-state index in [4.69, 9.17) is 16.1 Å². The zero-order valence-corrected chi connectivity index (χ0v) is 17.9. The number of fused-ring (bicyclic) bond motifs is 1. The zero-order chi connectivity index (χ0) is 22.5. The van der Waals surface area contributed by atoms with Gasteiger partial charge in [-0.2, -0.15) is 10.1 Å². The molecule has 164 valence electrons. The summed E-state index contributed by atoms with van der Waals surface area (Å²) in [5, 5.41) is 25.7. The number of hydrogen-bond acceptors (Lipinski definition) is 8. The average molecular weight is 431 g/mol. The second-order valence-electron chi connectivity index (χ2n) is 7.41. The minimum Gasteiger partial charge on any atom is -0.398 e. The van der Waals surface area contributed by atoms with Crippen LogP contribution in [0.25, 0.3) is 10.9 Å². The molecule has 32 heavy (non-hydrogen) atoms. The number of benzene rings is 2. The van der Waals surface area contributed by atoms with E-state index in [-0.39, 0.29) is 6.61 Å². The summed E-state index contributed by atoms with van der Waals surface area (Å²) in [5.41, 5.74) is 9.93. The predicted octanol–water partition coefficient (Wildman–Crippen LogP) is 3.60. The number of nitrogen functional groups attached to an aromatic ring is 1. The SMILES string of the molecule is Cn1ncc2ccc(Nc3nccc(N(CCCCO)c4cccc(N)c4C=N)n3)cc21. The summed E-state index contributed by atoms with van der Waals surface area (Å²) >= 11 is 0. The third kappa shape index (κ3) is 4.37. The molecule has 0 unspecified atom stereocenters. The van der Waals surface area contributed by atoms with Crippen LogP contribution in [0.2, 0.25) is 0 Å². The van der Waals surface area contributed by atoms with E-state index < -0.39 is 0 Å². The van der Waals surface area contributed by atoms with Crippen molar-refractivity contribution in [3.63, 3.8) is 0 Å². The monoisotopic (exact) mass is 430 g/mol. The standard InChI is InChI=1S/C23H26N8O/c1-30-21-13-17(8-7-16(21)15-27-30)28-23-26-10-9-22(29-23)31(11-2-3-12-32)20-6-4-5-19(25)18(20)14-24/h4-10,13-15,24,32H,2-3,11-12,25H2,1H3,(H,26,28,29). The average Bonchev–Trinajstić information content (AvgIpc) is 3.17. The van der Waals surface area contributed by atoms with Gasteiger partial charge in [0.15, 0.2) is 0 Å². The van der Waals surface area contributed by atoms with Crippen molar-refractivity contribution in [3.8, 4) is 0 Å².